The zero-order valence-corrected chi connectivity index (χ0v) is 23.3. The van der Waals surface area contributed by atoms with Crippen molar-refractivity contribution >= 4 is 12.0 Å². The zero-order valence-electron chi connectivity index (χ0n) is 23.3. The van der Waals surface area contributed by atoms with Crippen LogP contribution in [-0.2, 0) is 24.1 Å². The lowest BCUT2D eigenvalue weighted by Gasteiger charge is -2.34. The van der Waals surface area contributed by atoms with Gasteiger partial charge in [0.25, 0.3) is 5.91 Å². The van der Waals surface area contributed by atoms with Gasteiger partial charge in [0.15, 0.2) is 0 Å². The van der Waals surface area contributed by atoms with E-state index in [2.05, 4.69) is 27.6 Å². The van der Waals surface area contributed by atoms with Gasteiger partial charge in [-0.2, -0.15) is 9.78 Å². The SMILES string of the molecule is COc1ccccc1Cn1c(C)cc(C(=O)N(C2CC2)C2CCc3nn(C(=O)OC(C)(C)C)cc3C2)c1C. The smallest absolute Gasteiger partial charge is 0.435 e. The maximum Gasteiger partial charge on any atom is 0.435 e. The van der Waals surface area contributed by atoms with Gasteiger partial charge in [-0.1, -0.05) is 18.2 Å². The molecule has 1 aromatic carbocycles. The highest BCUT2D eigenvalue weighted by Crippen LogP contribution is 2.36. The summed E-state index contributed by atoms with van der Waals surface area (Å²) in [7, 11) is 1.68. The van der Waals surface area contributed by atoms with Crippen LogP contribution in [0.1, 0.15) is 78.6 Å². The fraction of sp³-hybridized carbons (Fsp3) is 0.500. The fourth-order valence-corrected chi connectivity index (χ4v) is 5.51. The summed E-state index contributed by atoms with van der Waals surface area (Å²) in [5.74, 6) is 0.942. The number of hydrogen-bond acceptors (Lipinski definition) is 5. The summed E-state index contributed by atoms with van der Waals surface area (Å²) in [6.45, 7) is 10.3. The summed E-state index contributed by atoms with van der Waals surface area (Å²) in [5.41, 5.74) is 5.23. The Hall–Kier alpha value is -3.55. The van der Waals surface area contributed by atoms with Crippen LogP contribution in [-0.4, -0.2) is 56.0 Å². The predicted octanol–water partition coefficient (Wildman–Crippen LogP) is 5.30. The van der Waals surface area contributed by atoms with Crippen LogP contribution in [0.4, 0.5) is 4.79 Å². The third-order valence-electron chi connectivity index (χ3n) is 7.52. The Morgan fingerprint density at radius 3 is 2.53 bits per heavy atom. The molecule has 38 heavy (non-hydrogen) atoms. The molecule has 1 saturated carbocycles. The highest BCUT2D eigenvalue weighted by Gasteiger charge is 2.40. The number of carbonyl (C=O) groups is 2. The van der Waals surface area contributed by atoms with E-state index in [-0.39, 0.29) is 18.0 Å². The number of amides is 1. The van der Waals surface area contributed by atoms with Gasteiger partial charge < -0.3 is 18.9 Å². The van der Waals surface area contributed by atoms with E-state index in [1.54, 1.807) is 13.3 Å². The molecule has 1 amide bonds. The second-order valence-electron chi connectivity index (χ2n) is 11.5. The number of aromatic nitrogens is 3. The van der Waals surface area contributed by atoms with Gasteiger partial charge in [-0.25, -0.2) is 4.79 Å². The number of para-hydroxylation sites is 1. The Labute approximate surface area is 224 Å². The van der Waals surface area contributed by atoms with Crippen molar-refractivity contribution in [1.82, 2.24) is 19.2 Å². The molecule has 8 nitrogen and oxygen atoms in total. The van der Waals surface area contributed by atoms with Gasteiger partial charge in [-0.05, 0) is 84.4 Å². The maximum absolute atomic E-state index is 14.1. The molecule has 0 radical (unpaired) electrons. The van der Waals surface area contributed by atoms with Gasteiger partial charge in [0.05, 0.1) is 24.9 Å². The van der Waals surface area contributed by atoms with E-state index in [1.165, 1.54) is 4.68 Å². The molecule has 1 unspecified atom stereocenters. The van der Waals surface area contributed by atoms with Gasteiger partial charge in [0.1, 0.15) is 11.4 Å². The number of fused-ring (bicyclic) bond motifs is 1. The maximum atomic E-state index is 14.1. The van der Waals surface area contributed by atoms with E-state index in [4.69, 9.17) is 9.47 Å². The molecule has 202 valence electrons. The van der Waals surface area contributed by atoms with E-state index in [9.17, 15) is 9.59 Å². The van der Waals surface area contributed by atoms with E-state index in [0.717, 1.165) is 65.2 Å². The minimum Gasteiger partial charge on any atom is -0.496 e. The van der Waals surface area contributed by atoms with Crippen molar-refractivity contribution in [3.05, 3.63) is 70.3 Å². The van der Waals surface area contributed by atoms with Gasteiger partial charge in [0.2, 0.25) is 0 Å². The number of nitrogens with zero attached hydrogens (tertiary/aromatic N) is 4. The highest BCUT2D eigenvalue weighted by atomic mass is 16.6. The Morgan fingerprint density at radius 1 is 1.11 bits per heavy atom. The first kappa shape index (κ1) is 26.1. The van der Waals surface area contributed by atoms with E-state index < -0.39 is 11.7 Å². The largest absolute Gasteiger partial charge is 0.496 e. The molecule has 2 aliphatic rings. The molecule has 0 N–H and O–H groups in total. The van der Waals surface area contributed by atoms with Crippen LogP contribution in [0.15, 0.2) is 36.5 Å². The average Bonchev–Trinajstić information content (AvgIpc) is 3.53. The minimum atomic E-state index is -0.584. The molecule has 8 heteroatoms. The molecule has 2 aliphatic carbocycles. The number of methoxy groups -OCH3 is 1. The van der Waals surface area contributed by atoms with Crippen LogP contribution < -0.4 is 4.74 Å². The predicted molar refractivity (Wildman–Crippen MR) is 145 cm³/mol. The van der Waals surface area contributed by atoms with Crippen molar-refractivity contribution in [2.24, 2.45) is 0 Å². The molecule has 5 rings (SSSR count). The summed E-state index contributed by atoms with van der Waals surface area (Å²) >= 11 is 0. The molecule has 2 heterocycles. The lowest BCUT2D eigenvalue weighted by molar-refractivity contribution is 0.0513. The Morgan fingerprint density at radius 2 is 1.84 bits per heavy atom. The van der Waals surface area contributed by atoms with Crippen molar-refractivity contribution in [3.8, 4) is 5.75 Å². The number of benzene rings is 1. The summed E-state index contributed by atoms with van der Waals surface area (Å²) < 4.78 is 14.6. The van der Waals surface area contributed by atoms with E-state index in [0.29, 0.717) is 13.0 Å². The Bertz CT molecular complexity index is 1360. The molecular formula is C30H38N4O4. The van der Waals surface area contributed by atoms with Crippen LogP contribution in [0.25, 0.3) is 0 Å². The normalized spacial score (nSPS) is 17.2. The van der Waals surface area contributed by atoms with E-state index in [1.807, 2.05) is 52.0 Å². The first-order chi connectivity index (χ1) is 18.1. The summed E-state index contributed by atoms with van der Waals surface area (Å²) in [6, 6.07) is 10.4. The molecule has 0 spiro atoms. The lowest BCUT2D eigenvalue weighted by atomic mass is 9.91. The average molecular weight is 519 g/mol. The van der Waals surface area contributed by atoms with Crippen LogP contribution in [0.3, 0.4) is 0 Å². The molecule has 0 saturated heterocycles. The second-order valence-corrected chi connectivity index (χ2v) is 11.5. The number of ether oxygens (including phenoxy) is 2. The van der Waals surface area contributed by atoms with Gasteiger partial charge in [-0.3, -0.25) is 4.79 Å². The van der Waals surface area contributed by atoms with Crippen LogP contribution >= 0.6 is 0 Å². The summed E-state index contributed by atoms with van der Waals surface area (Å²) in [4.78, 5) is 28.7. The topological polar surface area (TPSA) is 78.6 Å². The first-order valence-corrected chi connectivity index (χ1v) is 13.5. The van der Waals surface area contributed by atoms with E-state index >= 15 is 0 Å². The molecule has 1 fully saturated rings. The monoisotopic (exact) mass is 518 g/mol. The Kier molecular flexibility index (Phi) is 6.84. The van der Waals surface area contributed by atoms with Crippen molar-refractivity contribution in [1.29, 1.82) is 0 Å². The fourth-order valence-electron chi connectivity index (χ4n) is 5.51. The van der Waals surface area contributed by atoms with Crippen molar-refractivity contribution in [3.63, 3.8) is 0 Å². The third kappa shape index (κ3) is 5.22. The van der Waals surface area contributed by atoms with Crippen molar-refractivity contribution < 1.29 is 19.1 Å². The van der Waals surface area contributed by atoms with Gasteiger partial charge in [-0.15, -0.1) is 0 Å². The van der Waals surface area contributed by atoms with Gasteiger partial charge in [0, 0.05) is 35.2 Å². The molecule has 0 bridgehead atoms. The quantitative estimate of drug-likeness (QED) is 0.442. The molecule has 2 aromatic heterocycles. The lowest BCUT2D eigenvalue weighted by Crippen LogP contribution is -2.45. The zero-order chi connectivity index (χ0) is 27.2. The number of aryl methyl sites for hydroxylation is 2. The number of rotatable bonds is 6. The van der Waals surface area contributed by atoms with Crippen LogP contribution in [0.2, 0.25) is 0 Å². The molecule has 1 atom stereocenters. The first-order valence-electron chi connectivity index (χ1n) is 13.5. The standard InChI is InChI=1S/C30H38N4O4/c1-19-15-25(20(2)32(19)17-21-9-7-8-10-27(21)37-6)28(35)34(23-11-12-23)24-13-14-26-22(16-24)18-33(31-26)29(36)38-30(3,4)5/h7-10,15,18,23-24H,11-14,16-17H2,1-6H3. The minimum absolute atomic E-state index is 0.0797. The molecule has 3 aromatic rings. The molecule has 0 aliphatic heterocycles. The third-order valence-corrected chi connectivity index (χ3v) is 7.52. The highest BCUT2D eigenvalue weighted by molar-refractivity contribution is 5.96. The number of hydrogen-bond donors (Lipinski definition) is 0. The van der Waals surface area contributed by atoms with Crippen molar-refractivity contribution in [2.75, 3.05) is 7.11 Å². The van der Waals surface area contributed by atoms with Crippen LogP contribution in [0.5, 0.6) is 5.75 Å². The van der Waals surface area contributed by atoms with Crippen molar-refractivity contribution in [2.45, 2.75) is 91.0 Å². The molecular weight excluding hydrogens is 480 g/mol. The number of carbonyl (C=O) groups excluding carboxylic acids is 2. The van der Waals surface area contributed by atoms with Gasteiger partial charge >= 0.3 is 6.09 Å². The second kappa shape index (κ2) is 9.97. The summed E-state index contributed by atoms with van der Waals surface area (Å²) in [5, 5.41) is 4.50. The Balaban J connectivity index is 1.37. The van der Waals surface area contributed by atoms with Crippen LogP contribution in [0, 0.1) is 13.8 Å². The summed E-state index contributed by atoms with van der Waals surface area (Å²) in [6.07, 6.45) is 5.64.